The molecule has 1 aliphatic carbocycles. The van der Waals surface area contributed by atoms with E-state index in [1.807, 2.05) is 12.7 Å². The summed E-state index contributed by atoms with van der Waals surface area (Å²) in [6, 6.07) is 0.617. The molecule has 0 amide bonds. The van der Waals surface area contributed by atoms with Crippen LogP contribution in [0.3, 0.4) is 0 Å². The largest absolute Gasteiger partial charge is 0.317 e. The summed E-state index contributed by atoms with van der Waals surface area (Å²) in [5, 5.41) is 11.4. The zero-order valence-electron chi connectivity index (χ0n) is 8.32. The van der Waals surface area contributed by atoms with Crippen molar-refractivity contribution in [2.24, 2.45) is 0 Å². The smallest absolute Gasteiger partial charge is 0.119 e. The van der Waals surface area contributed by atoms with E-state index in [9.17, 15) is 0 Å². The van der Waals surface area contributed by atoms with Crippen LogP contribution in [0, 0.1) is 0 Å². The predicted molar refractivity (Wildman–Crippen MR) is 52.9 cm³/mol. The zero-order chi connectivity index (χ0) is 9.43. The molecule has 1 unspecified atom stereocenters. The summed E-state index contributed by atoms with van der Waals surface area (Å²) in [7, 11) is 0. The molecule has 2 aliphatic rings. The number of hydrogen-bond donors (Lipinski definition) is 1. The summed E-state index contributed by atoms with van der Waals surface area (Å²) in [5.41, 5.74) is 0.465. The molecule has 4 heteroatoms. The SMILES string of the molecule is c1nncn1C1CCNC2(CCC2)C1. The molecule has 1 saturated carbocycles. The third kappa shape index (κ3) is 1.25. The molecule has 1 saturated heterocycles. The van der Waals surface area contributed by atoms with Crippen molar-refractivity contribution >= 4 is 0 Å². The van der Waals surface area contributed by atoms with E-state index in [1.54, 1.807) is 0 Å². The van der Waals surface area contributed by atoms with E-state index in [-0.39, 0.29) is 0 Å². The Bertz CT molecular complexity index is 302. The quantitative estimate of drug-likeness (QED) is 0.725. The summed E-state index contributed by atoms with van der Waals surface area (Å²) in [6.45, 7) is 1.14. The molecule has 1 aromatic rings. The fraction of sp³-hybridized carbons (Fsp3) is 0.800. The van der Waals surface area contributed by atoms with Crippen LogP contribution >= 0.6 is 0 Å². The van der Waals surface area contributed by atoms with Crippen LogP contribution in [0.15, 0.2) is 12.7 Å². The monoisotopic (exact) mass is 192 g/mol. The molecule has 1 N–H and O–H groups in total. The lowest BCUT2D eigenvalue weighted by Crippen LogP contribution is -2.55. The number of nitrogens with one attached hydrogen (secondary N) is 1. The second-order valence-corrected chi connectivity index (χ2v) is 4.62. The van der Waals surface area contributed by atoms with Gasteiger partial charge in [0.05, 0.1) is 0 Å². The second kappa shape index (κ2) is 3.05. The normalized spacial score (nSPS) is 30.1. The van der Waals surface area contributed by atoms with Crippen LogP contribution in [0.25, 0.3) is 0 Å². The highest BCUT2D eigenvalue weighted by Gasteiger charge is 2.41. The number of piperidine rings is 1. The Balaban J connectivity index is 1.75. The van der Waals surface area contributed by atoms with E-state index >= 15 is 0 Å². The Hall–Kier alpha value is -0.900. The molecule has 14 heavy (non-hydrogen) atoms. The Labute approximate surface area is 83.7 Å². The van der Waals surface area contributed by atoms with Gasteiger partial charge in [0, 0.05) is 11.6 Å². The highest BCUT2D eigenvalue weighted by molar-refractivity contribution is 5.01. The third-order valence-electron chi connectivity index (χ3n) is 3.77. The van der Waals surface area contributed by atoms with E-state index in [0.717, 1.165) is 6.54 Å². The van der Waals surface area contributed by atoms with Gasteiger partial charge in [0.25, 0.3) is 0 Å². The van der Waals surface area contributed by atoms with Crippen LogP contribution in [-0.2, 0) is 0 Å². The maximum atomic E-state index is 3.88. The van der Waals surface area contributed by atoms with Gasteiger partial charge in [-0.25, -0.2) is 0 Å². The lowest BCUT2D eigenvalue weighted by molar-refractivity contribution is 0.109. The van der Waals surface area contributed by atoms with Crippen molar-refractivity contribution in [3.05, 3.63) is 12.7 Å². The molecule has 0 bridgehead atoms. The summed E-state index contributed by atoms with van der Waals surface area (Å²) < 4.78 is 2.17. The summed E-state index contributed by atoms with van der Waals surface area (Å²) in [6.07, 6.45) is 10.3. The Morgan fingerprint density at radius 2 is 2.07 bits per heavy atom. The number of hydrogen-bond acceptors (Lipinski definition) is 3. The Morgan fingerprint density at radius 1 is 1.29 bits per heavy atom. The molecule has 76 valence electrons. The van der Waals surface area contributed by atoms with Gasteiger partial charge in [-0.15, -0.1) is 10.2 Å². The molecule has 1 aromatic heterocycles. The molecule has 0 aromatic carbocycles. The van der Waals surface area contributed by atoms with Gasteiger partial charge in [0.2, 0.25) is 0 Å². The molecule has 1 aliphatic heterocycles. The molecule has 2 heterocycles. The molecular formula is C10H16N4. The van der Waals surface area contributed by atoms with Gasteiger partial charge in [-0.05, 0) is 38.6 Å². The van der Waals surface area contributed by atoms with Gasteiger partial charge in [0.15, 0.2) is 0 Å². The zero-order valence-corrected chi connectivity index (χ0v) is 8.32. The topological polar surface area (TPSA) is 42.7 Å². The minimum Gasteiger partial charge on any atom is -0.317 e. The van der Waals surface area contributed by atoms with Gasteiger partial charge >= 0.3 is 0 Å². The fourth-order valence-corrected chi connectivity index (χ4v) is 2.77. The van der Waals surface area contributed by atoms with Crippen molar-refractivity contribution in [3.63, 3.8) is 0 Å². The van der Waals surface area contributed by atoms with Crippen molar-refractivity contribution in [1.29, 1.82) is 0 Å². The van der Waals surface area contributed by atoms with Crippen molar-refractivity contribution in [2.45, 2.75) is 43.7 Å². The summed E-state index contributed by atoms with van der Waals surface area (Å²) >= 11 is 0. The molecule has 3 rings (SSSR count). The lowest BCUT2D eigenvalue weighted by atomic mass is 9.70. The van der Waals surface area contributed by atoms with Crippen LogP contribution in [0.5, 0.6) is 0 Å². The van der Waals surface area contributed by atoms with E-state index in [4.69, 9.17) is 0 Å². The first-order valence-electron chi connectivity index (χ1n) is 5.47. The maximum Gasteiger partial charge on any atom is 0.119 e. The molecule has 1 spiro atoms. The van der Waals surface area contributed by atoms with E-state index < -0.39 is 0 Å². The van der Waals surface area contributed by atoms with Crippen LogP contribution < -0.4 is 5.32 Å². The predicted octanol–water partition coefficient (Wildman–Crippen LogP) is 1.13. The lowest BCUT2D eigenvalue weighted by Gasteiger charge is -2.48. The minimum atomic E-state index is 0.465. The van der Waals surface area contributed by atoms with Crippen LogP contribution in [0.2, 0.25) is 0 Å². The minimum absolute atomic E-state index is 0.465. The Morgan fingerprint density at radius 3 is 2.71 bits per heavy atom. The average molecular weight is 192 g/mol. The first-order valence-corrected chi connectivity index (χ1v) is 5.47. The van der Waals surface area contributed by atoms with Crippen molar-refractivity contribution in [2.75, 3.05) is 6.54 Å². The number of nitrogens with zero attached hydrogens (tertiary/aromatic N) is 3. The Kier molecular flexibility index (Phi) is 1.83. The summed E-state index contributed by atoms with van der Waals surface area (Å²) in [5.74, 6) is 0. The highest BCUT2D eigenvalue weighted by atomic mass is 15.2. The first-order chi connectivity index (χ1) is 6.88. The molecule has 2 fully saturated rings. The highest BCUT2D eigenvalue weighted by Crippen LogP contribution is 2.41. The average Bonchev–Trinajstić information content (AvgIpc) is 2.68. The van der Waals surface area contributed by atoms with Gasteiger partial charge in [-0.3, -0.25) is 0 Å². The number of rotatable bonds is 1. The second-order valence-electron chi connectivity index (χ2n) is 4.62. The van der Waals surface area contributed by atoms with Gasteiger partial charge in [-0.2, -0.15) is 0 Å². The standard InChI is InChI=1S/C10H16N4/c1-3-10(4-1)6-9(2-5-11-10)14-7-12-13-8-14/h7-9,11H,1-6H2. The van der Waals surface area contributed by atoms with E-state index in [2.05, 4.69) is 20.1 Å². The van der Waals surface area contributed by atoms with Gasteiger partial charge < -0.3 is 9.88 Å². The molecular weight excluding hydrogens is 176 g/mol. The van der Waals surface area contributed by atoms with Gasteiger partial charge in [0.1, 0.15) is 12.7 Å². The first kappa shape index (κ1) is 8.41. The van der Waals surface area contributed by atoms with Crippen molar-refractivity contribution in [1.82, 2.24) is 20.1 Å². The maximum absolute atomic E-state index is 3.88. The van der Waals surface area contributed by atoms with Gasteiger partial charge in [-0.1, -0.05) is 0 Å². The van der Waals surface area contributed by atoms with E-state index in [1.165, 1.54) is 32.1 Å². The molecule has 0 radical (unpaired) electrons. The van der Waals surface area contributed by atoms with Crippen molar-refractivity contribution < 1.29 is 0 Å². The van der Waals surface area contributed by atoms with Crippen molar-refractivity contribution in [3.8, 4) is 0 Å². The summed E-state index contributed by atoms with van der Waals surface area (Å²) in [4.78, 5) is 0. The van der Waals surface area contributed by atoms with Crippen LogP contribution in [0.1, 0.15) is 38.1 Å². The van der Waals surface area contributed by atoms with Crippen LogP contribution in [0.4, 0.5) is 0 Å². The van der Waals surface area contributed by atoms with E-state index in [0.29, 0.717) is 11.6 Å². The molecule has 1 atom stereocenters. The third-order valence-corrected chi connectivity index (χ3v) is 3.77. The van der Waals surface area contributed by atoms with Crippen LogP contribution in [-0.4, -0.2) is 26.8 Å². The number of aromatic nitrogens is 3. The fourth-order valence-electron chi connectivity index (χ4n) is 2.77. The molecule has 4 nitrogen and oxygen atoms in total.